The average Bonchev–Trinajstić information content (AvgIpc) is 3.34. The van der Waals surface area contributed by atoms with Gasteiger partial charge in [-0.3, -0.25) is 9.48 Å². The van der Waals surface area contributed by atoms with Crippen molar-refractivity contribution in [1.82, 2.24) is 24.6 Å². The summed E-state index contributed by atoms with van der Waals surface area (Å²) < 4.78 is 13.0. The quantitative estimate of drug-likeness (QED) is 0.662. The number of rotatable bonds is 5. The molecule has 0 saturated carbocycles. The molecule has 3 aromatic rings. The Kier molecular flexibility index (Phi) is 5.16. The van der Waals surface area contributed by atoms with Crippen molar-refractivity contribution in [3.63, 3.8) is 0 Å². The molecule has 1 aliphatic heterocycles. The van der Waals surface area contributed by atoms with Gasteiger partial charge in [0.2, 0.25) is 5.88 Å². The molecular formula is C21H23N5O3. The fraction of sp³-hybridized carbons (Fsp3) is 0.333. The lowest BCUT2D eigenvalue weighted by molar-refractivity contribution is 0.0760. The van der Waals surface area contributed by atoms with Gasteiger partial charge in [0.05, 0.1) is 19.3 Å². The Labute approximate surface area is 169 Å². The second kappa shape index (κ2) is 7.90. The first-order valence-corrected chi connectivity index (χ1v) is 9.48. The van der Waals surface area contributed by atoms with Crippen molar-refractivity contribution < 1.29 is 14.3 Å². The van der Waals surface area contributed by atoms with Crippen LogP contribution in [0, 0.1) is 6.92 Å². The van der Waals surface area contributed by atoms with Gasteiger partial charge in [0, 0.05) is 37.8 Å². The summed E-state index contributed by atoms with van der Waals surface area (Å²) in [5.41, 5.74) is 2.09. The van der Waals surface area contributed by atoms with E-state index in [1.165, 1.54) is 0 Å². The van der Waals surface area contributed by atoms with E-state index in [0.29, 0.717) is 36.2 Å². The fourth-order valence-corrected chi connectivity index (χ4v) is 3.50. The van der Waals surface area contributed by atoms with Crippen molar-refractivity contribution in [2.75, 3.05) is 20.2 Å². The molecule has 0 spiro atoms. The van der Waals surface area contributed by atoms with Crippen molar-refractivity contribution in [3.05, 3.63) is 54.1 Å². The number of carbonyl (C=O) groups excluding carboxylic acids is 1. The summed E-state index contributed by atoms with van der Waals surface area (Å²) in [6.07, 6.45) is 2.34. The van der Waals surface area contributed by atoms with Crippen molar-refractivity contribution in [1.29, 1.82) is 0 Å². The first kappa shape index (κ1) is 18.9. The van der Waals surface area contributed by atoms with Gasteiger partial charge in [-0.25, -0.2) is 4.98 Å². The molecule has 8 nitrogen and oxygen atoms in total. The minimum absolute atomic E-state index is 0.0638. The van der Waals surface area contributed by atoms with Crippen LogP contribution in [-0.2, 0) is 7.05 Å². The molecule has 3 heterocycles. The fourth-order valence-electron chi connectivity index (χ4n) is 3.50. The number of carbonyl (C=O) groups is 1. The third-order valence-electron chi connectivity index (χ3n) is 4.95. The van der Waals surface area contributed by atoms with E-state index in [2.05, 4.69) is 15.1 Å². The number of methoxy groups -OCH3 is 1. The monoisotopic (exact) mass is 393 g/mol. The zero-order valence-corrected chi connectivity index (χ0v) is 16.7. The van der Waals surface area contributed by atoms with Gasteiger partial charge in [-0.2, -0.15) is 10.1 Å². The van der Waals surface area contributed by atoms with Crippen LogP contribution in [0.1, 0.15) is 22.7 Å². The number of aromatic nitrogens is 4. The Bertz CT molecular complexity index is 1030. The van der Waals surface area contributed by atoms with Crippen molar-refractivity contribution in [2.45, 2.75) is 19.4 Å². The Morgan fingerprint density at radius 3 is 2.86 bits per heavy atom. The number of likely N-dealkylation sites (tertiary alicyclic amines) is 1. The molecule has 1 fully saturated rings. The smallest absolute Gasteiger partial charge is 0.272 e. The van der Waals surface area contributed by atoms with E-state index in [1.807, 2.05) is 37.3 Å². The molecule has 0 N–H and O–H groups in total. The molecular weight excluding hydrogens is 370 g/mol. The van der Waals surface area contributed by atoms with Crippen LogP contribution < -0.4 is 9.47 Å². The second-order valence-electron chi connectivity index (χ2n) is 6.96. The molecule has 0 bridgehead atoms. The van der Waals surface area contributed by atoms with Gasteiger partial charge in [-0.15, -0.1) is 0 Å². The molecule has 150 valence electrons. The van der Waals surface area contributed by atoms with Gasteiger partial charge in [-0.1, -0.05) is 12.1 Å². The van der Waals surface area contributed by atoms with E-state index in [9.17, 15) is 4.79 Å². The number of nitrogens with zero attached hydrogens (tertiary/aromatic N) is 5. The predicted octanol–water partition coefficient (Wildman–Crippen LogP) is 2.49. The Morgan fingerprint density at radius 1 is 1.24 bits per heavy atom. The highest BCUT2D eigenvalue weighted by Gasteiger charge is 2.30. The summed E-state index contributed by atoms with van der Waals surface area (Å²) in [5, 5.41) is 4.52. The molecule has 2 aromatic heterocycles. The molecule has 1 atom stereocenters. The Hall–Kier alpha value is -3.42. The number of benzene rings is 1. The van der Waals surface area contributed by atoms with Crippen LogP contribution in [0.5, 0.6) is 11.6 Å². The van der Waals surface area contributed by atoms with Crippen LogP contribution in [0.3, 0.4) is 0 Å². The number of hydrogen-bond donors (Lipinski definition) is 0. The van der Waals surface area contributed by atoms with Crippen LogP contribution in [0.15, 0.2) is 42.6 Å². The van der Waals surface area contributed by atoms with Crippen molar-refractivity contribution in [2.24, 2.45) is 7.05 Å². The first-order valence-electron chi connectivity index (χ1n) is 9.48. The highest BCUT2D eigenvalue weighted by Crippen LogP contribution is 2.29. The third-order valence-corrected chi connectivity index (χ3v) is 4.95. The minimum Gasteiger partial charge on any atom is -0.496 e. The summed E-state index contributed by atoms with van der Waals surface area (Å²) in [7, 11) is 3.40. The first-order chi connectivity index (χ1) is 14.0. The summed E-state index contributed by atoms with van der Waals surface area (Å²) in [5.74, 6) is 1.86. The average molecular weight is 393 g/mol. The largest absolute Gasteiger partial charge is 0.496 e. The molecule has 1 amide bonds. The lowest BCUT2D eigenvalue weighted by Crippen LogP contribution is -2.32. The molecule has 29 heavy (non-hydrogen) atoms. The zero-order chi connectivity index (χ0) is 20.4. The van der Waals surface area contributed by atoms with E-state index < -0.39 is 0 Å². The van der Waals surface area contributed by atoms with E-state index in [4.69, 9.17) is 9.47 Å². The molecule has 0 unspecified atom stereocenters. The molecule has 1 aliphatic rings. The van der Waals surface area contributed by atoms with Crippen molar-refractivity contribution >= 4 is 5.91 Å². The van der Waals surface area contributed by atoms with Gasteiger partial charge in [0.1, 0.15) is 23.4 Å². The Morgan fingerprint density at radius 2 is 2.07 bits per heavy atom. The van der Waals surface area contributed by atoms with E-state index in [-0.39, 0.29) is 12.0 Å². The third kappa shape index (κ3) is 3.91. The maximum atomic E-state index is 13.1. The molecule has 4 rings (SSSR count). The standard InChI is InChI=1S/C21H23N5O3/c1-14-22-10-8-20(23-14)29-15-9-11-26(13-15)21(27)18-12-17(24-25(18)2)16-6-4-5-7-19(16)28-3/h4-8,10,12,15H,9,11,13H2,1-3H3/t15-/m0/s1. The van der Waals surface area contributed by atoms with Crippen LogP contribution in [0.25, 0.3) is 11.3 Å². The lowest BCUT2D eigenvalue weighted by Gasteiger charge is -2.17. The SMILES string of the molecule is COc1ccccc1-c1cc(C(=O)N2CC[C@H](Oc3ccnc(C)n3)C2)n(C)n1. The molecule has 1 saturated heterocycles. The van der Waals surface area contributed by atoms with Gasteiger partial charge in [0.15, 0.2) is 0 Å². The normalized spacial score (nSPS) is 16.1. The number of ether oxygens (including phenoxy) is 2. The summed E-state index contributed by atoms with van der Waals surface area (Å²) in [4.78, 5) is 23.2. The number of amides is 1. The van der Waals surface area contributed by atoms with Gasteiger partial charge in [0.25, 0.3) is 5.91 Å². The van der Waals surface area contributed by atoms with E-state index in [0.717, 1.165) is 17.7 Å². The van der Waals surface area contributed by atoms with Crippen LogP contribution in [0.4, 0.5) is 0 Å². The Balaban J connectivity index is 1.48. The summed E-state index contributed by atoms with van der Waals surface area (Å²) >= 11 is 0. The molecule has 0 aliphatic carbocycles. The zero-order valence-electron chi connectivity index (χ0n) is 16.7. The number of aryl methyl sites for hydroxylation is 2. The molecule has 1 aromatic carbocycles. The second-order valence-corrected chi connectivity index (χ2v) is 6.96. The minimum atomic E-state index is -0.0878. The topological polar surface area (TPSA) is 82.4 Å². The highest BCUT2D eigenvalue weighted by atomic mass is 16.5. The maximum Gasteiger partial charge on any atom is 0.272 e. The van der Waals surface area contributed by atoms with Crippen LogP contribution in [0.2, 0.25) is 0 Å². The van der Waals surface area contributed by atoms with Gasteiger partial charge in [-0.05, 0) is 25.1 Å². The van der Waals surface area contributed by atoms with E-state index >= 15 is 0 Å². The number of para-hydroxylation sites is 1. The van der Waals surface area contributed by atoms with Gasteiger partial charge < -0.3 is 14.4 Å². The molecule has 8 heteroatoms. The number of hydrogen-bond acceptors (Lipinski definition) is 6. The maximum absolute atomic E-state index is 13.1. The highest BCUT2D eigenvalue weighted by molar-refractivity contribution is 5.94. The molecule has 0 radical (unpaired) electrons. The van der Waals surface area contributed by atoms with Gasteiger partial charge >= 0.3 is 0 Å². The summed E-state index contributed by atoms with van der Waals surface area (Å²) in [6.45, 7) is 2.96. The summed E-state index contributed by atoms with van der Waals surface area (Å²) in [6, 6.07) is 11.2. The van der Waals surface area contributed by atoms with E-state index in [1.54, 1.807) is 36.0 Å². The lowest BCUT2D eigenvalue weighted by atomic mass is 10.1. The predicted molar refractivity (Wildman–Crippen MR) is 107 cm³/mol. The van der Waals surface area contributed by atoms with Crippen molar-refractivity contribution in [3.8, 4) is 22.9 Å². The van der Waals surface area contributed by atoms with Crippen LogP contribution >= 0.6 is 0 Å². The van der Waals surface area contributed by atoms with Crippen LogP contribution in [-0.4, -0.2) is 56.9 Å².